The van der Waals surface area contributed by atoms with E-state index in [4.69, 9.17) is 24.1 Å². The van der Waals surface area contributed by atoms with Gasteiger partial charge >= 0.3 is 24.1 Å². The number of nitrogens with one attached hydrogen (secondary N) is 2. The number of pyridine rings is 2. The Labute approximate surface area is 268 Å². The Balaban J connectivity index is 0.000000368. The second-order valence-corrected chi connectivity index (χ2v) is 12.7. The van der Waals surface area contributed by atoms with Gasteiger partial charge in [0.05, 0.1) is 42.5 Å². The van der Waals surface area contributed by atoms with Crippen LogP contribution < -0.4 is 10.6 Å². The fourth-order valence-corrected chi connectivity index (χ4v) is 3.98. The summed E-state index contributed by atoms with van der Waals surface area (Å²) in [6.07, 6.45) is 6.19. The van der Waals surface area contributed by atoms with Gasteiger partial charge in [-0.2, -0.15) is 0 Å². The number of unbranched alkanes of at least 4 members (excludes halogenated alkanes) is 1. The van der Waals surface area contributed by atoms with E-state index in [0.29, 0.717) is 30.9 Å². The normalized spacial score (nSPS) is 15.9. The van der Waals surface area contributed by atoms with E-state index in [1.54, 1.807) is 41.5 Å². The number of ether oxygens (including phenoxy) is 4. The number of aromatic carboxylic acids is 1. The van der Waals surface area contributed by atoms with Crippen molar-refractivity contribution in [1.29, 1.82) is 0 Å². The highest BCUT2D eigenvalue weighted by molar-refractivity contribution is 6.00. The highest BCUT2D eigenvalue weighted by Gasteiger charge is 2.45. The molecule has 0 spiro atoms. The van der Waals surface area contributed by atoms with Crippen molar-refractivity contribution < 1.29 is 48.0 Å². The highest BCUT2D eigenvalue weighted by Crippen LogP contribution is 2.35. The van der Waals surface area contributed by atoms with Crippen LogP contribution in [0.4, 0.5) is 21.0 Å². The van der Waals surface area contributed by atoms with Gasteiger partial charge in [-0.3, -0.25) is 30.2 Å². The zero-order valence-electron chi connectivity index (χ0n) is 27.4. The van der Waals surface area contributed by atoms with Crippen molar-refractivity contribution in [3.05, 3.63) is 48.0 Å². The molecular formula is C32H44N4O10. The first kappa shape index (κ1) is 37.6. The zero-order valence-corrected chi connectivity index (χ0v) is 27.4. The van der Waals surface area contributed by atoms with Crippen molar-refractivity contribution in [3.63, 3.8) is 0 Å². The van der Waals surface area contributed by atoms with Gasteiger partial charge in [0.15, 0.2) is 5.78 Å². The Bertz CT molecular complexity index is 1380. The molecule has 0 saturated carbocycles. The number of esters is 1. The summed E-state index contributed by atoms with van der Waals surface area (Å²) in [5.41, 5.74) is -1.31. The van der Waals surface area contributed by atoms with Crippen LogP contribution in [0.15, 0.2) is 36.9 Å². The van der Waals surface area contributed by atoms with Crippen LogP contribution in [-0.2, 0) is 23.7 Å². The Morgan fingerprint density at radius 1 is 0.870 bits per heavy atom. The monoisotopic (exact) mass is 644 g/mol. The van der Waals surface area contributed by atoms with Gasteiger partial charge in [-0.05, 0) is 66.5 Å². The van der Waals surface area contributed by atoms with Gasteiger partial charge in [-0.15, -0.1) is 0 Å². The van der Waals surface area contributed by atoms with Crippen LogP contribution >= 0.6 is 0 Å². The van der Waals surface area contributed by atoms with Crippen molar-refractivity contribution in [2.75, 3.05) is 30.5 Å². The topological polar surface area (TPSA) is 192 Å². The van der Waals surface area contributed by atoms with Gasteiger partial charge in [0, 0.05) is 31.0 Å². The van der Waals surface area contributed by atoms with Crippen LogP contribution in [0.3, 0.4) is 0 Å². The fourth-order valence-electron chi connectivity index (χ4n) is 3.98. The van der Waals surface area contributed by atoms with Crippen molar-refractivity contribution in [3.8, 4) is 0 Å². The summed E-state index contributed by atoms with van der Waals surface area (Å²) in [6, 6.07) is 2.82. The number of ketones is 1. The van der Waals surface area contributed by atoms with Crippen LogP contribution in [0.25, 0.3) is 0 Å². The molecule has 3 rings (SSSR count). The second-order valence-electron chi connectivity index (χ2n) is 12.7. The average molecular weight is 645 g/mol. The van der Waals surface area contributed by atoms with Crippen molar-refractivity contribution in [2.45, 2.75) is 85.4 Å². The van der Waals surface area contributed by atoms with Crippen LogP contribution in [-0.4, -0.2) is 76.0 Å². The number of carbonyl (C=O) groups is 5. The predicted octanol–water partition coefficient (Wildman–Crippen LogP) is 5.88. The predicted molar refractivity (Wildman–Crippen MR) is 168 cm³/mol. The van der Waals surface area contributed by atoms with E-state index in [1.165, 1.54) is 36.9 Å². The summed E-state index contributed by atoms with van der Waals surface area (Å²) in [5.74, 6) is -1.76. The minimum Gasteiger partial charge on any atom is -0.478 e. The van der Waals surface area contributed by atoms with Gasteiger partial charge in [0.25, 0.3) is 0 Å². The average Bonchev–Trinajstić information content (AvgIpc) is 3.41. The molecule has 2 aromatic rings. The van der Waals surface area contributed by atoms with E-state index in [2.05, 4.69) is 20.6 Å². The number of aromatic nitrogens is 2. The zero-order chi connectivity index (χ0) is 34.5. The first-order valence-corrected chi connectivity index (χ1v) is 14.8. The molecule has 0 aliphatic carbocycles. The molecule has 1 atom stereocenters. The lowest BCUT2D eigenvalue weighted by Gasteiger charge is -2.24. The van der Waals surface area contributed by atoms with Gasteiger partial charge in [0.1, 0.15) is 16.6 Å². The van der Waals surface area contributed by atoms with Crippen LogP contribution in [0, 0.1) is 5.41 Å². The lowest BCUT2D eigenvalue weighted by Crippen LogP contribution is -2.36. The standard InChI is InChI=1S/C21H30N2O6.C11H14N2O4/c1-5-6-8-28-18(25)21(7-9-27-14-21)11-17(24)15-10-16(13-22-12-15)23-19(26)29-20(2,3)4;1-11(2,3)17-10(16)13-8-4-7(9(14)15)5-12-6-8/h10,12-13H,5-9,11,14H2,1-4H3,(H,23,26);4-6H,1-3H3,(H,13,16)(H,14,15)/t21-;/m0./s1. The summed E-state index contributed by atoms with van der Waals surface area (Å²) in [4.78, 5) is 67.2. The van der Waals surface area contributed by atoms with E-state index in [1.807, 2.05) is 6.92 Å². The van der Waals surface area contributed by atoms with Crippen LogP contribution in [0.5, 0.6) is 0 Å². The number of hydrogen-bond donors (Lipinski definition) is 3. The van der Waals surface area contributed by atoms with E-state index < -0.39 is 40.7 Å². The summed E-state index contributed by atoms with van der Waals surface area (Å²) in [7, 11) is 0. The molecule has 1 aliphatic heterocycles. The largest absolute Gasteiger partial charge is 0.478 e. The molecule has 1 saturated heterocycles. The van der Waals surface area contributed by atoms with E-state index in [9.17, 15) is 24.0 Å². The van der Waals surface area contributed by atoms with Crippen molar-refractivity contribution >= 4 is 41.3 Å². The number of carbonyl (C=O) groups excluding carboxylic acids is 4. The molecule has 0 radical (unpaired) electrons. The molecule has 0 aromatic carbocycles. The quantitative estimate of drug-likeness (QED) is 0.121. The van der Waals surface area contributed by atoms with E-state index in [0.717, 1.165) is 12.8 Å². The molecule has 14 nitrogen and oxygen atoms in total. The number of Topliss-reactive ketones (excluding diaryl/α,β-unsaturated/α-hetero) is 1. The number of carboxylic acid groups (broad SMARTS) is 1. The number of amides is 2. The summed E-state index contributed by atoms with van der Waals surface area (Å²) in [5, 5.41) is 13.7. The molecule has 2 amide bonds. The van der Waals surface area contributed by atoms with Crippen molar-refractivity contribution in [2.24, 2.45) is 5.41 Å². The lowest BCUT2D eigenvalue weighted by atomic mass is 9.81. The maximum Gasteiger partial charge on any atom is 0.412 e. The third kappa shape index (κ3) is 13.2. The highest BCUT2D eigenvalue weighted by atomic mass is 16.6. The third-order valence-electron chi connectivity index (χ3n) is 6.10. The maximum atomic E-state index is 12.9. The second kappa shape index (κ2) is 16.6. The Morgan fingerprint density at radius 2 is 1.39 bits per heavy atom. The Hall–Kier alpha value is -4.59. The molecule has 252 valence electrons. The van der Waals surface area contributed by atoms with Crippen molar-refractivity contribution in [1.82, 2.24) is 9.97 Å². The van der Waals surface area contributed by atoms with Gasteiger partial charge < -0.3 is 24.1 Å². The van der Waals surface area contributed by atoms with Gasteiger partial charge in [0.2, 0.25) is 0 Å². The molecule has 0 bridgehead atoms. The number of rotatable bonds is 10. The molecule has 1 fully saturated rings. The molecule has 46 heavy (non-hydrogen) atoms. The third-order valence-corrected chi connectivity index (χ3v) is 6.10. The number of carboxylic acids is 1. The molecule has 1 aliphatic rings. The van der Waals surface area contributed by atoms with E-state index >= 15 is 0 Å². The summed E-state index contributed by atoms with van der Waals surface area (Å²) < 4.78 is 21.0. The van der Waals surface area contributed by atoms with Gasteiger partial charge in [-0.1, -0.05) is 13.3 Å². The maximum absolute atomic E-state index is 12.9. The summed E-state index contributed by atoms with van der Waals surface area (Å²) >= 11 is 0. The Morgan fingerprint density at radius 3 is 1.85 bits per heavy atom. The number of nitrogens with zero attached hydrogens (tertiary/aromatic N) is 2. The fraction of sp³-hybridized carbons (Fsp3) is 0.531. The lowest BCUT2D eigenvalue weighted by molar-refractivity contribution is -0.156. The molecule has 2 aromatic heterocycles. The minimum absolute atomic E-state index is 0.00133. The molecule has 14 heteroatoms. The first-order valence-electron chi connectivity index (χ1n) is 14.8. The minimum atomic E-state index is -1.11. The summed E-state index contributed by atoms with van der Waals surface area (Å²) in [6.45, 7) is 13.4. The number of anilines is 2. The number of hydrogen-bond acceptors (Lipinski definition) is 11. The van der Waals surface area contributed by atoms with E-state index in [-0.39, 0.29) is 30.1 Å². The smallest absolute Gasteiger partial charge is 0.412 e. The molecular weight excluding hydrogens is 600 g/mol. The molecule has 0 unspecified atom stereocenters. The van der Waals surface area contributed by atoms with Crippen LogP contribution in [0.2, 0.25) is 0 Å². The molecule has 3 N–H and O–H groups in total. The van der Waals surface area contributed by atoms with Gasteiger partial charge in [-0.25, -0.2) is 14.4 Å². The SMILES string of the molecule is CC(C)(C)OC(=O)Nc1cncc(C(=O)O)c1.CCCCOC(=O)[C@]1(CC(=O)c2cncc(NC(=O)OC(C)(C)C)c2)CCOC1. The first-order chi connectivity index (χ1) is 21.4. The molecule has 3 heterocycles. The van der Waals surface area contributed by atoms with Crippen LogP contribution in [0.1, 0.15) is 94.9 Å². The Kier molecular flexibility index (Phi) is 13.6.